The van der Waals surface area contributed by atoms with Gasteiger partial charge in [0.05, 0.1) is 17.2 Å². The molecule has 1 aromatic carbocycles. The van der Waals surface area contributed by atoms with Gasteiger partial charge in [0, 0.05) is 37.6 Å². The first-order valence-electron chi connectivity index (χ1n) is 10.7. The third-order valence-corrected chi connectivity index (χ3v) is 6.14. The molecule has 1 aliphatic rings. The van der Waals surface area contributed by atoms with E-state index in [2.05, 4.69) is 38.8 Å². The molecule has 0 atom stereocenters. The van der Waals surface area contributed by atoms with E-state index in [1.54, 1.807) is 23.9 Å². The highest BCUT2D eigenvalue weighted by Gasteiger charge is 2.29. The van der Waals surface area contributed by atoms with Crippen molar-refractivity contribution in [1.82, 2.24) is 24.1 Å². The van der Waals surface area contributed by atoms with Crippen molar-refractivity contribution < 1.29 is 9.13 Å². The van der Waals surface area contributed by atoms with Crippen molar-refractivity contribution in [3.05, 3.63) is 42.2 Å². The average Bonchev–Trinajstić information content (AvgIpc) is 3.26. The zero-order valence-corrected chi connectivity index (χ0v) is 18.3. The summed E-state index contributed by atoms with van der Waals surface area (Å²) in [5.41, 5.74) is 3.73. The van der Waals surface area contributed by atoms with Gasteiger partial charge in [0.15, 0.2) is 5.82 Å². The molecule has 0 bridgehead atoms. The summed E-state index contributed by atoms with van der Waals surface area (Å²) >= 11 is 0. The van der Waals surface area contributed by atoms with Gasteiger partial charge in [0.1, 0.15) is 11.3 Å². The summed E-state index contributed by atoms with van der Waals surface area (Å²) in [6.07, 6.45) is 5.81. The minimum Gasteiger partial charge on any atom is -0.384 e. The maximum absolute atomic E-state index is 14.9. The van der Waals surface area contributed by atoms with E-state index in [-0.39, 0.29) is 11.9 Å². The highest BCUT2D eigenvalue weighted by Crippen LogP contribution is 2.33. The first-order valence-corrected chi connectivity index (χ1v) is 10.7. The fraction of sp³-hybridized carbons (Fsp3) is 0.435. The Bertz CT molecular complexity index is 1250. The lowest BCUT2D eigenvalue weighted by Gasteiger charge is -2.35. The molecule has 7 nitrogen and oxygen atoms in total. The van der Waals surface area contributed by atoms with E-state index in [0.29, 0.717) is 23.4 Å². The summed E-state index contributed by atoms with van der Waals surface area (Å²) in [6.45, 7) is 6.87. The number of nitrogens with one attached hydrogen (secondary N) is 1. The molecule has 5 rings (SSSR count). The number of halogens is 1. The van der Waals surface area contributed by atoms with Crippen molar-refractivity contribution in [2.75, 3.05) is 19.0 Å². The lowest BCUT2D eigenvalue weighted by Crippen LogP contribution is -2.38. The lowest BCUT2D eigenvalue weighted by molar-refractivity contribution is 0.104. The Kier molecular flexibility index (Phi) is 4.89. The van der Waals surface area contributed by atoms with Crippen molar-refractivity contribution in [1.29, 1.82) is 0 Å². The van der Waals surface area contributed by atoms with Gasteiger partial charge in [-0.1, -0.05) is 0 Å². The largest absolute Gasteiger partial charge is 0.384 e. The molecule has 0 saturated heterocycles. The second-order valence-corrected chi connectivity index (χ2v) is 8.72. The molecule has 31 heavy (non-hydrogen) atoms. The van der Waals surface area contributed by atoms with Crippen molar-refractivity contribution in [3.63, 3.8) is 0 Å². The number of methoxy groups -OCH3 is 1. The van der Waals surface area contributed by atoms with E-state index in [4.69, 9.17) is 4.74 Å². The highest BCUT2D eigenvalue weighted by molar-refractivity contribution is 5.88. The number of benzene rings is 1. The summed E-state index contributed by atoms with van der Waals surface area (Å²) in [7, 11) is 1.74. The Hall–Kier alpha value is -3.00. The second-order valence-electron chi connectivity index (χ2n) is 8.72. The first-order chi connectivity index (χ1) is 14.9. The van der Waals surface area contributed by atoms with Gasteiger partial charge < -0.3 is 14.6 Å². The molecule has 0 radical (unpaired) electrons. The van der Waals surface area contributed by atoms with Crippen LogP contribution in [-0.2, 0) is 4.74 Å². The summed E-state index contributed by atoms with van der Waals surface area (Å²) in [5, 5.41) is 7.99. The van der Waals surface area contributed by atoms with Crippen LogP contribution in [0.1, 0.15) is 38.6 Å². The fourth-order valence-corrected chi connectivity index (χ4v) is 4.69. The van der Waals surface area contributed by atoms with E-state index in [1.807, 2.05) is 25.3 Å². The van der Waals surface area contributed by atoms with E-state index in [9.17, 15) is 4.39 Å². The second kappa shape index (κ2) is 7.60. The number of hydrogen-bond donors (Lipinski definition) is 1. The quantitative estimate of drug-likeness (QED) is 0.491. The van der Waals surface area contributed by atoms with Crippen LogP contribution in [-0.4, -0.2) is 43.9 Å². The molecule has 0 spiro atoms. The van der Waals surface area contributed by atoms with Crippen LogP contribution in [0.25, 0.3) is 27.7 Å². The topological polar surface area (TPSA) is 69.3 Å². The lowest BCUT2D eigenvalue weighted by atomic mass is 9.81. The van der Waals surface area contributed by atoms with E-state index in [0.717, 1.165) is 47.4 Å². The Morgan fingerprint density at radius 2 is 2.06 bits per heavy atom. The number of anilines is 1. The van der Waals surface area contributed by atoms with Crippen LogP contribution in [0.2, 0.25) is 0 Å². The van der Waals surface area contributed by atoms with Gasteiger partial charge in [-0.25, -0.2) is 18.9 Å². The van der Waals surface area contributed by atoms with E-state index < -0.39 is 0 Å². The minimum atomic E-state index is -0.316. The van der Waals surface area contributed by atoms with Gasteiger partial charge in [-0.2, -0.15) is 0 Å². The van der Waals surface area contributed by atoms with Crippen LogP contribution in [0, 0.1) is 18.7 Å². The molecule has 0 amide bonds. The molecule has 1 saturated carbocycles. The number of fused-ring (bicyclic) bond motifs is 2. The minimum absolute atomic E-state index is 0.192. The summed E-state index contributed by atoms with van der Waals surface area (Å²) in [6, 6.07) is 6.08. The third kappa shape index (κ3) is 3.44. The van der Waals surface area contributed by atoms with Gasteiger partial charge in [-0.05, 0) is 63.3 Å². The summed E-state index contributed by atoms with van der Waals surface area (Å²) in [4.78, 5) is 8.94. The monoisotopic (exact) mass is 422 g/mol. The van der Waals surface area contributed by atoms with Crippen LogP contribution in [0.15, 0.2) is 30.6 Å². The van der Waals surface area contributed by atoms with Gasteiger partial charge in [-0.3, -0.25) is 0 Å². The maximum atomic E-state index is 14.9. The molecule has 3 heterocycles. The zero-order chi connectivity index (χ0) is 21.7. The Morgan fingerprint density at radius 3 is 2.81 bits per heavy atom. The molecular weight excluding hydrogens is 395 g/mol. The number of ether oxygens (including phenoxy) is 1. The first kappa shape index (κ1) is 19.9. The van der Waals surface area contributed by atoms with Crippen LogP contribution < -0.4 is 5.32 Å². The number of hydrogen-bond acceptors (Lipinski definition) is 5. The fourth-order valence-electron chi connectivity index (χ4n) is 4.69. The smallest absolute Gasteiger partial charge is 0.241 e. The molecule has 162 valence electrons. The van der Waals surface area contributed by atoms with Crippen LogP contribution in [0.5, 0.6) is 0 Å². The normalized spacial score (nSPS) is 18.8. The SMILES string of the molecule is COC[C@H]1C[C@H](Nc2ncc3c(-c4cc(F)c5nc(C)n(C(C)C)c5c4)ccn3n2)C1. The third-order valence-electron chi connectivity index (χ3n) is 6.14. The Balaban J connectivity index is 1.47. The number of nitrogens with zero attached hydrogens (tertiary/aromatic N) is 5. The summed E-state index contributed by atoms with van der Waals surface area (Å²) in [5.74, 6) is 1.71. The van der Waals surface area contributed by atoms with Crippen LogP contribution in [0.3, 0.4) is 0 Å². The number of rotatable bonds is 6. The Morgan fingerprint density at radius 1 is 1.26 bits per heavy atom. The molecule has 4 aromatic rings. The molecule has 0 aliphatic heterocycles. The van der Waals surface area contributed by atoms with E-state index in [1.165, 1.54) is 0 Å². The van der Waals surface area contributed by atoms with Gasteiger partial charge >= 0.3 is 0 Å². The molecule has 1 fully saturated rings. The van der Waals surface area contributed by atoms with Crippen molar-refractivity contribution >= 4 is 22.5 Å². The van der Waals surface area contributed by atoms with Crippen molar-refractivity contribution in [3.8, 4) is 11.1 Å². The molecule has 8 heteroatoms. The maximum Gasteiger partial charge on any atom is 0.241 e. The predicted octanol–water partition coefficient (Wildman–Crippen LogP) is 4.61. The molecule has 0 unspecified atom stereocenters. The standard InChI is InChI=1S/C23H27FN6O/c1-13(2)30-14(3)26-22-19(24)9-16(10-20(22)30)18-5-6-29-21(18)11-25-23(28-29)27-17-7-15(8-17)12-31-4/h5-6,9-11,13,15,17H,7-8,12H2,1-4H3,(H,27,28)/t15-,17-. The predicted molar refractivity (Wildman–Crippen MR) is 119 cm³/mol. The number of aryl methyl sites for hydroxylation is 1. The van der Waals surface area contributed by atoms with Crippen LogP contribution in [0.4, 0.5) is 10.3 Å². The average molecular weight is 423 g/mol. The molecule has 3 aromatic heterocycles. The molecule has 1 N–H and O–H groups in total. The van der Waals surface area contributed by atoms with Gasteiger partial charge in [0.2, 0.25) is 5.95 Å². The van der Waals surface area contributed by atoms with Crippen LogP contribution >= 0.6 is 0 Å². The van der Waals surface area contributed by atoms with E-state index >= 15 is 0 Å². The number of imidazole rings is 1. The van der Waals surface area contributed by atoms with Gasteiger partial charge in [-0.15, -0.1) is 5.10 Å². The molecular formula is C23H27FN6O. The molecule has 1 aliphatic carbocycles. The van der Waals surface area contributed by atoms with Crippen molar-refractivity contribution in [2.24, 2.45) is 5.92 Å². The number of aromatic nitrogens is 5. The summed E-state index contributed by atoms with van der Waals surface area (Å²) < 4.78 is 24.0. The zero-order valence-electron chi connectivity index (χ0n) is 18.3. The van der Waals surface area contributed by atoms with Gasteiger partial charge in [0.25, 0.3) is 0 Å². The Labute approximate surface area is 180 Å². The van der Waals surface area contributed by atoms with Crippen molar-refractivity contribution in [2.45, 2.75) is 45.7 Å². The highest BCUT2D eigenvalue weighted by atomic mass is 19.1.